The van der Waals surface area contributed by atoms with Crippen LogP contribution in [0.5, 0.6) is 0 Å². The maximum Gasteiger partial charge on any atom is 0.126 e. The lowest BCUT2D eigenvalue weighted by molar-refractivity contribution is 0.470. The first-order valence-electron chi connectivity index (χ1n) is 6.69. The molecule has 1 rings (SSSR count). The fourth-order valence-corrected chi connectivity index (χ4v) is 2.75. The molecule has 0 amide bonds. The van der Waals surface area contributed by atoms with Gasteiger partial charge in [0.05, 0.1) is 5.56 Å². The minimum absolute atomic E-state index is 0.0414. The van der Waals surface area contributed by atoms with Gasteiger partial charge in [0.25, 0.3) is 0 Å². The van der Waals surface area contributed by atoms with E-state index in [2.05, 4.69) is 39.6 Å². The van der Waals surface area contributed by atoms with E-state index in [0.717, 1.165) is 28.3 Å². The van der Waals surface area contributed by atoms with Crippen molar-refractivity contribution in [1.82, 2.24) is 0 Å². The first-order valence-corrected chi connectivity index (χ1v) is 7.67. The van der Waals surface area contributed by atoms with Gasteiger partial charge in [-0.1, -0.05) is 19.9 Å². The van der Waals surface area contributed by atoms with Crippen molar-refractivity contribution in [3.8, 4) is 0 Å². The molecule has 0 aliphatic heterocycles. The molecule has 0 aromatic heterocycles. The standard InChI is InChI=1S/C15H25N3S/c1-6-15(3,4)18(5)11-9-8-10-12(19-7-2)13(11)14(16)17/h8-10H,6-7H2,1-5H3,(H3,16,17). The highest BCUT2D eigenvalue weighted by Crippen LogP contribution is 2.33. The number of hydrogen-bond donors (Lipinski definition) is 2. The van der Waals surface area contributed by atoms with Gasteiger partial charge in [-0.05, 0) is 38.2 Å². The van der Waals surface area contributed by atoms with E-state index in [-0.39, 0.29) is 11.4 Å². The number of nitrogen functional groups attached to an aromatic ring is 1. The lowest BCUT2D eigenvalue weighted by Gasteiger charge is -2.38. The summed E-state index contributed by atoms with van der Waals surface area (Å²) in [4.78, 5) is 3.31. The van der Waals surface area contributed by atoms with Crippen molar-refractivity contribution in [3.63, 3.8) is 0 Å². The van der Waals surface area contributed by atoms with E-state index in [1.807, 2.05) is 18.2 Å². The Balaban J connectivity index is 3.35. The Kier molecular flexibility index (Phi) is 5.29. The summed E-state index contributed by atoms with van der Waals surface area (Å²) in [5, 5.41) is 7.89. The van der Waals surface area contributed by atoms with E-state index < -0.39 is 0 Å². The largest absolute Gasteiger partial charge is 0.384 e. The summed E-state index contributed by atoms with van der Waals surface area (Å²) in [5.41, 5.74) is 7.75. The minimum Gasteiger partial charge on any atom is -0.384 e. The molecule has 0 unspecified atom stereocenters. The molecule has 0 fully saturated rings. The van der Waals surface area contributed by atoms with E-state index in [1.165, 1.54) is 0 Å². The molecule has 19 heavy (non-hydrogen) atoms. The van der Waals surface area contributed by atoms with E-state index in [9.17, 15) is 0 Å². The monoisotopic (exact) mass is 279 g/mol. The van der Waals surface area contributed by atoms with E-state index in [4.69, 9.17) is 11.1 Å². The zero-order valence-electron chi connectivity index (χ0n) is 12.6. The Morgan fingerprint density at radius 1 is 1.37 bits per heavy atom. The van der Waals surface area contributed by atoms with Crippen LogP contribution in [0.25, 0.3) is 0 Å². The second kappa shape index (κ2) is 6.33. The lowest BCUT2D eigenvalue weighted by atomic mass is 9.97. The molecule has 0 saturated heterocycles. The Hall–Kier alpha value is -1.16. The van der Waals surface area contributed by atoms with Gasteiger partial charge in [-0.15, -0.1) is 11.8 Å². The van der Waals surface area contributed by atoms with Gasteiger partial charge in [-0.25, -0.2) is 0 Å². The summed E-state index contributed by atoms with van der Waals surface area (Å²) in [6, 6.07) is 6.14. The van der Waals surface area contributed by atoms with Gasteiger partial charge in [-0.2, -0.15) is 0 Å². The Morgan fingerprint density at radius 3 is 2.47 bits per heavy atom. The topological polar surface area (TPSA) is 53.1 Å². The van der Waals surface area contributed by atoms with Gasteiger partial charge in [0.1, 0.15) is 5.84 Å². The van der Waals surface area contributed by atoms with E-state index in [1.54, 1.807) is 11.8 Å². The normalized spacial score (nSPS) is 11.4. The smallest absolute Gasteiger partial charge is 0.126 e. The molecule has 4 heteroatoms. The van der Waals surface area contributed by atoms with Gasteiger partial charge >= 0.3 is 0 Å². The van der Waals surface area contributed by atoms with Crippen molar-refractivity contribution in [2.24, 2.45) is 5.73 Å². The van der Waals surface area contributed by atoms with Gasteiger partial charge < -0.3 is 10.6 Å². The molecule has 0 aliphatic carbocycles. The van der Waals surface area contributed by atoms with Crippen LogP contribution in [0.1, 0.15) is 39.7 Å². The number of hydrogen-bond acceptors (Lipinski definition) is 3. The van der Waals surface area contributed by atoms with Crippen molar-refractivity contribution in [2.45, 2.75) is 44.6 Å². The van der Waals surface area contributed by atoms with Crippen LogP contribution < -0.4 is 10.6 Å². The molecule has 0 saturated carbocycles. The van der Waals surface area contributed by atoms with Gasteiger partial charge in [0.2, 0.25) is 0 Å². The quantitative estimate of drug-likeness (QED) is 0.474. The summed E-state index contributed by atoms with van der Waals surface area (Å²) >= 11 is 1.73. The molecule has 3 N–H and O–H groups in total. The number of nitrogens with zero attached hydrogens (tertiary/aromatic N) is 1. The summed E-state index contributed by atoms with van der Waals surface area (Å²) in [6.07, 6.45) is 1.03. The fourth-order valence-electron chi connectivity index (χ4n) is 1.91. The second-order valence-electron chi connectivity index (χ2n) is 5.22. The van der Waals surface area contributed by atoms with Crippen molar-refractivity contribution in [3.05, 3.63) is 23.8 Å². The van der Waals surface area contributed by atoms with Crippen molar-refractivity contribution < 1.29 is 0 Å². The van der Waals surface area contributed by atoms with Crippen LogP contribution in [0.4, 0.5) is 5.69 Å². The van der Waals surface area contributed by atoms with Gasteiger partial charge in [-0.3, -0.25) is 5.41 Å². The van der Waals surface area contributed by atoms with Crippen LogP contribution in [0.3, 0.4) is 0 Å². The SMILES string of the molecule is CCSc1cccc(N(C)C(C)(C)CC)c1C(=N)N. The van der Waals surface area contributed by atoms with Crippen LogP contribution in [0, 0.1) is 5.41 Å². The molecule has 0 atom stereocenters. The number of nitrogens with two attached hydrogens (primary N) is 1. The lowest BCUT2D eigenvalue weighted by Crippen LogP contribution is -2.41. The van der Waals surface area contributed by atoms with Crippen molar-refractivity contribution >= 4 is 23.3 Å². The molecule has 0 spiro atoms. The fraction of sp³-hybridized carbons (Fsp3) is 0.533. The minimum atomic E-state index is 0.0414. The molecular formula is C15H25N3S. The number of benzene rings is 1. The average Bonchev–Trinajstić information content (AvgIpc) is 2.37. The highest BCUT2D eigenvalue weighted by atomic mass is 32.2. The average molecular weight is 279 g/mol. The summed E-state index contributed by atoms with van der Waals surface area (Å²) in [7, 11) is 2.08. The highest BCUT2D eigenvalue weighted by Gasteiger charge is 2.25. The predicted molar refractivity (Wildman–Crippen MR) is 86.6 cm³/mol. The Morgan fingerprint density at radius 2 is 2.00 bits per heavy atom. The number of nitrogens with one attached hydrogen (secondary N) is 1. The van der Waals surface area contributed by atoms with Crippen LogP contribution in [0.2, 0.25) is 0 Å². The van der Waals surface area contributed by atoms with E-state index >= 15 is 0 Å². The van der Waals surface area contributed by atoms with E-state index in [0.29, 0.717) is 0 Å². The van der Waals surface area contributed by atoms with Gasteiger partial charge in [0.15, 0.2) is 0 Å². The summed E-state index contributed by atoms with van der Waals surface area (Å²) < 4.78 is 0. The molecule has 0 radical (unpaired) electrons. The Labute approximate surface area is 121 Å². The van der Waals surface area contributed by atoms with Crippen LogP contribution in [-0.4, -0.2) is 24.2 Å². The van der Waals surface area contributed by atoms with Crippen LogP contribution >= 0.6 is 11.8 Å². The maximum atomic E-state index is 7.89. The molecule has 3 nitrogen and oxygen atoms in total. The number of anilines is 1. The van der Waals surface area contributed by atoms with Crippen molar-refractivity contribution in [2.75, 3.05) is 17.7 Å². The first-order chi connectivity index (χ1) is 8.85. The molecule has 1 aromatic carbocycles. The number of amidine groups is 1. The summed E-state index contributed by atoms with van der Waals surface area (Å²) in [6.45, 7) is 8.70. The summed E-state index contributed by atoms with van der Waals surface area (Å²) in [5.74, 6) is 1.12. The third-order valence-corrected chi connectivity index (χ3v) is 4.65. The predicted octanol–water partition coefficient (Wildman–Crippen LogP) is 3.71. The van der Waals surface area contributed by atoms with Crippen molar-refractivity contribution in [1.29, 1.82) is 5.41 Å². The molecule has 0 aliphatic rings. The molecule has 0 bridgehead atoms. The highest BCUT2D eigenvalue weighted by molar-refractivity contribution is 7.99. The van der Waals surface area contributed by atoms with Gasteiger partial charge in [0, 0.05) is 23.2 Å². The molecule has 106 valence electrons. The maximum absolute atomic E-state index is 7.89. The first kappa shape index (κ1) is 15.9. The number of thioether (sulfide) groups is 1. The van der Waals surface area contributed by atoms with Crippen LogP contribution in [0.15, 0.2) is 23.1 Å². The molecule has 1 aromatic rings. The second-order valence-corrected chi connectivity index (χ2v) is 6.53. The Bertz CT molecular complexity index is 455. The zero-order chi connectivity index (χ0) is 14.6. The third-order valence-electron chi connectivity index (χ3n) is 3.71. The molecular weight excluding hydrogens is 254 g/mol. The third kappa shape index (κ3) is 3.44. The molecule has 0 heterocycles. The number of rotatable bonds is 6. The zero-order valence-corrected chi connectivity index (χ0v) is 13.4. The van der Waals surface area contributed by atoms with Crippen LogP contribution in [-0.2, 0) is 0 Å².